The largest absolute Gasteiger partial charge is 0.487 e. The van der Waals surface area contributed by atoms with Gasteiger partial charge < -0.3 is 19.9 Å². The van der Waals surface area contributed by atoms with E-state index in [0.717, 1.165) is 41.8 Å². The smallest absolute Gasteiger partial charge is 0.224 e. The van der Waals surface area contributed by atoms with Gasteiger partial charge in [0.15, 0.2) is 0 Å². The van der Waals surface area contributed by atoms with Gasteiger partial charge in [0, 0.05) is 64.6 Å². The number of nitrogens with one attached hydrogen (secondary N) is 1. The van der Waals surface area contributed by atoms with Crippen LogP contribution in [0.1, 0.15) is 43.4 Å². The number of fused-ring (bicyclic) bond motifs is 1. The molecular weight excluding hydrogens is 390 g/mol. The van der Waals surface area contributed by atoms with E-state index in [1.165, 1.54) is 0 Å². The second-order valence-corrected chi connectivity index (χ2v) is 8.89. The first-order valence-corrected chi connectivity index (χ1v) is 10.9. The van der Waals surface area contributed by atoms with E-state index in [1.807, 2.05) is 72.4 Å². The number of carbonyl (C=O) groups excluding carboxylic acids is 2. The summed E-state index contributed by atoms with van der Waals surface area (Å²) in [5.41, 5.74) is 2.79. The monoisotopic (exact) mass is 421 g/mol. The lowest BCUT2D eigenvalue weighted by Gasteiger charge is -2.46. The number of ether oxygens (including phenoxy) is 1. The number of benzene rings is 2. The van der Waals surface area contributed by atoms with Gasteiger partial charge in [-0.15, -0.1) is 0 Å². The molecule has 2 aromatic carbocycles. The highest BCUT2D eigenvalue weighted by Gasteiger charge is 2.44. The van der Waals surface area contributed by atoms with Crippen LogP contribution in [0.4, 0.5) is 5.69 Å². The Hall–Kier alpha value is -3.02. The van der Waals surface area contributed by atoms with Crippen LogP contribution in [-0.4, -0.2) is 49.5 Å². The molecule has 1 N–H and O–H groups in total. The predicted molar refractivity (Wildman–Crippen MR) is 121 cm³/mol. The number of carbonyl (C=O) groups is 2. The summed E-state index contributed by atoms with van der Waals surface area (Å²) in [5.74, 6) is 0.956. The average molecular weight is 422 g/mol. The van der Waals surface area contributed by atoms with Crippen LogP contribution in [0.5, 0.6) is 5.75 Å². The number of nitrogens with zero attached hydrogens (tertiary/aromatic N) is 2. The van der Waals surface area contributed by atoms with Crippen molar-refractivity contribution in [3.8, 4) is 5.75 Å². The molecule has 1 atom stereocenters. The third-order valence-corrected chi connectivity index (χ3v) is 6.47. The quantitative estimate of drug-likeness (QED) is 0.823. The fraction of sp³-hybridized carbons (Fsp3) is 0.440. The number of rotatable bonds is 4. The molecule has 1 spiro atoms. The summed E-state index contributed by atoms with van der Waals surface area (Å²) in [4.78, 5) is 28.6. The molecule has 0 aromatic heterocycles. The first-order chi connectivity index (χ1) is 14.8. The van der Waals surface area contributed by atoms with Crippen LogP contribution in [0.2, 0.25) is 0 Å². The summed E-state index contributed by atoms with van der Waals surface area (Å²) in [6.07, 6.45) is 2.62. The highest BCUT2D eigenvalue weighted by atomic mass is 16.5. The summed E-state index contributed by atoms with van der Waals surface area (Å²) in [6.45, 7) is 3.00. The Morgan fingerprint density at radius 2 is 1.77 bits per heavy atom. The van der Waals surface area contributed by atoms with Gasteiger partial charge in [-0.2, -0.15) is 0 Å². The number of amides is 2. The van der Waals surface area contributed by atoms with Crippen molar-refractivity contribution in [3.05, 3.63) is 59.7 Å². The molecule has 164 valence electrons. The Morgan fingerprint density at radius 1 is 1.10 bits per heavy atom. The van der Waals surface area contributed by atoms with Crippen LogP contribution in [0.3, 0.4) is 0 Å². The van der Waals surface area contributed by atoms with E-state index in [4.69, 9.17) is 4.74 Å². The molecule has 2 amide bonds. The van der Waals surface area contributed by atoms with E-state index in [9.17, 15) is 9.59 Å². The van der Waals surface area contributed by atoms with Gasteiger partial charge in [-0.05, 0) is 23.8 Å². The van der Waals surface area contributed by atoms with Gasteiger partial charge >= 0.3 is 0 Å². The van der Waals surface area contributed by atoms with Crippen LogP contribution in [-0.2, 0) is 16.0 Å². The minimum absolute atomic E-state index is 0.00984. The zero-order valence-electron chi connectivity index (χ0n) is 18.6. The van der Waals surface area contributed by atoms with Gasteiger partial charge in [-0.25, -0.2) is 0 Å². The van der Waals surface area contributed by atoms with Crippen molar-refractivity contribution < 1.29 is 14.3 Å². The van der Waals surface area contributed by atoms with Crippen molar-refractivity contribution in [2.75, 3.05) is 32.1 Å². The molecule has 4 rings (SSSR count). The molecule has 1 fully saturated rings. The molecule has 0 aliphatic carbocycles. The van der Waals surface area contributed by atoms with Gasteiger partial charge in [0.25, 0.3) is 0 Å². The molecule has 2 aliphatic heterocycles. The number of anilines is 1. The third kappa shape index (κ3) is 4.68. The topological polar surface area (TPSA) is 61.9 Å². The summed E-state index contributed by atoms with van der Waals surface area (Å²) < 4.78 is 6.46. The normalized spacial score (nSPS) is 19.3. The first kappa shape index (κ1) is 21.2. The molecule has 1 saturated heterocycles. The molecule has 6 nitrogen and oxygen atoms in total. The zero-order chi connectivity index (χ0) is 22.0. The molecule has 31 heavy (non-hydrogen) atoms. The minimum atomic E-state index is -0.342. The zero-order valence-corrected chi connectivity index (χ0v) is 18.6. The maximum absolute atomic E-state index is 12.9. The molecule has 2 heterocycles. The Bertz CT molecular complexity index is 947. The molecule has 0 unspecified atom stereocenters. The van der Waals surface area contributed by atoms with Gasteiger partial charge in [0.05, 0.1) is 12.5 Å². The molecule has 2 aromatic rings. The van der Waals surface area contributed by atoms with Crippen molar-refractivity contribution >= 4 is 17.5 Å². The SMILES string of the molecule is CC(=O)N1CCC2(CC1)C[C@@H](NC(=O)Cc1ccc(N(C)C)cc1)c1ccccc1O2. The van der Waals surface area contributed by atoms with Gasteiger partial charge in [0.2, 0.25) is 11.8 Å². The highest BCUT2D eigenvalue weighted by molar-refractivity contribution is 5.79. The van der Waals surface area contributed by atoms with Crippen LogP contribution < -0.4 is 15.0 Å². The number of hydrogen-bond acceptors (Lipinski definition) is 4. The Morgan fingerprint density at radius 3 is 2.42 bits per heavy atom. The van der Waals surface area contributed by atoms with Crippen LogP contribution in [0.15, 0.2) is 48.5 Å². The highest BCUT2D eigenvalue weighted by Crippen LogP contribution is 2.44. The number of para-hydroxylation sites is 1. The standard InChI is InChI=1S/C25H31N3O3/c1-18(29)28-14-12-25(13-15-28)17-22(21-6-4-5-7-23(21)31-25)26-24(30)16-19-8-10-20(11-9-19)27(2)3/h4-11,22H,12-17H2,1-3H3,(H,26,30)/t22-/m1/s1. The fourth-order valence-electron chi connectivity index (χ4n) is 4.63. The van der Waals surface area contributed by atoms with Gasteiger partial charge in [-0.1, -0.05) is 30.3 Å². The second-order valence-electron chi connectivity index (χ2n) is 8.89. The summed E-state index contributed by atoms with van der Waals surface area (Å²) in [7, 11) is 4.00. The second kappa shape index (κ2) is 8.61. The van der Waals surface area contributed by atoms with E-state index in [2.05, 4.69) is 5.32 Å². The van der Waals surface area contributed by atoms with Gasteiger partial charge in [0.1, 0.15) is 11.4 Å². The molecule has 0 radical (unpaired) electrons. The number of likely N-dealkylation sites (tertiary alicyclic amines) is 1. The first-order valence-electron chi connectivity index (χ1n) is 10.9. The van der Waals surface area contributed by atoms with E-state index < -0.39 is 0 Å². The Kier molecular flexibility index (Phi) is 5.90. The summed E-state index contributed by atoms with van der Waals surface area (Å²) in [6, 6.07) is 15.9. The van der Waals surface area contributed by atoms with E-state index in [-0.39, 0.29) is 23.5 Å². The maximum Gasteiger partial charge on any atom is 0.224 e. The van der Waals surface area contributed by atoms with Gasteiger partial charge in [-0.3, -0.25) is 9.59 Å². The van der Waals surface area contributed by atoms with E-state index in [1.54, 1.807) is 6.92 Å². The van der Waals surface area contributed by atoms with Crippen molar-refractivity contribution in [2.24, 2.45) is 0 Å². The Balaban J connectivity index is 1.47. The van der Waals surface area contributed by atoms with E-state index in [0.29, 0.717) is 19.5 Å². The van der Waals surface area contributed by atoms with Crippen molar-refractivity contribution in [1.82, 2.24) is 10.2 Å². The minimum Gasteiger partial charge on any atom is -0.487 e. The number of hydrogen-bond donors (Lipinski definition) is 1. The molecular formula is C25H31N3O3. The van der Waals surface area contributed by atoms with Crippen LogP contribution >= 0.6 is 0 Å². The van der Waals surface area contributed by atoms with Crippen LogP contribution in [0, 0.1) is 0 Å². The summed E-state index contributed by atoms with van der Waals surface area (Å²) in [5, 5.41) is 3.26. The maximum atomic E-state index is 12.9. The Labute approximate surface area is 184 Å². The lowest BCUT2D eigenvalue weighted by molar-refractivity contribution is -0.133. The molecule has 0 bridgehead atoms. The van der Waals surface area contributed by atoms with Crippen LogP contribution in [0.25, 0.3) is 0 Å². The lowest BCUT2D eigenvalue weighted by Crippen LogP contribution is -2.53. The van der Waals surface area contributed by atoms with E-state index >= 15 is 0 Å². The molecule has 6 heteroatoms. The molecule has 2 aliphatic rings. The van der Waals surface area contributed by atoms with Crippen molar-refractivity contribution in [1.29, 1.82) is 0 Å². The third-order valence-electron chi connectivity index (χ3n) is 6.47. The lowest BCUT2D eigenvalue weighted by atomic mass is 9.80. The molecule has 0 saturated carbocycles. The number of piperidine rings is 1. The van der Waals surface area contributed by atoms with Crippen molar-refractivity contribution in [3.63, 3.8) is 0 Å². The average Bonchev–Trinajstić information content (AvgIpc) is 2.74. The van der Waals surface area contributed by atoms with Crippen molar-refractivity contribution in [2.45, 2.75) is 44.2 Å². The summed E-state index contributed by atoms with van der Waals surface area (Å²) >= 11 is 0. The predicted octanol–water partition coefficient (Wildman–Crippen LogP) is 3.32. The fourth-order valence-corrected chi connectivity index (χ4v) is 4.63.